The number of nitrogens with zero attached hydrogens (tertiary/aromatic N) is 3. The van der Waals surface area contributed by atoms with Gasteiger partial charge >= 0.3 is 0 Å². The Morgan fingerprint density at radius 3 is 2.55 bits per heavy atom. The SMILES string of the molecule is CC(Sc1nc(C(C)C)ccc1C#N)C(=O)Nc1nc(-c2ccc(Cl)cc2)cs1. The normalized spacial score (nSPS) is 11.9. The van der Waals surface area contributed by atoms with Gasteiger partial charge < -0.3 is 5.32 Å². The lowest BCUT2D eigenvalue weighted by molar-refractivity contribution is -0.115. The largest absolute Gasteiger partial charge is 0.301 e. The summed E-state index contributed by atoms with van der Waals surface area (Å²) in [6.45, 7) is 5.87. The zero-order valence-electron chi connectivity index (χ0n) is 16.1. The molecule has 148 valence electrons. The average molecular weight is 443 g/mol. The number of carbonyl (C=O) groups is 1. The highest BCUT2D eigenvalue weighted by Gasteiger charge is 2.19. The summed E-state index contributed by atoms with van der Waals surface area (Å²) < 4.78 is 0. The fourth-order valence-electron chi connectivity index (χ4n) is 2.46. The van der Waals surface area contributed by atoms with Crippen molar-refractivity contribution in [2.24, 2.45) is 0 Å². The summed E-state index contributed by atoms with van der Waals surface area (Å²) in [5, 5.41) is 15.4. The summed E-state index contributed by atoms with van der Waals surface area (Å²) in [4.78, 5) is 21.7. The standard InChI is InChI=1S/C21H19ClN4OS2/c1-12(2)17-9-6-15(10-23)20(24-17)29-13(3)19(27)26-21-25-18(11-28-21)14-4-7-16(22)8-5-14/h4-9,11-13H,1-3H3,(H,25,26,27). The van der Waals surface area contributed by atoms with Crippen LogP contribution in [0.2, 0.25) is 5.02 Å². The Morgan fingerprint density at radius 2 is 1.90 bits per heavy atom. The molecular formula is C21H19ClN4OS2. The zero-order chi connectivity index (χ0) is 21.0. The van der Waals surface area contributed by atoms with Gasteiger partial charge in [-0.3, -0.25) is 4.79 Å². The van der Waals surface area contributed by atoms with Gasteiger partial charge in [0.2, 0.25) is 5.91 Å². The van der Waals surface area contributed by atoms with Crippen molar-refractivity contribution in [2.45, 2.75) is 37.0 Å². The minimum Gasteiger partial charge on any atom is -0.301 e. The fraction of sp³-hybridized carbons (Fsp3) is 0.238. The Morgan fingerprint density at radius 1 is 1.17 bits per heavy atom. The molecule has 0 aliphatic carbocycles. The number of hydrogen-bond acceptors (Lipinski definition) is 6. The Bertz CT molecular complexity index is 1060. The first-order valence-corrected chi connectivity index (χ1v) is 11.1. The number of nitriles is 1. The first-order valence-electron chi connectivity index (χ1n) is 8.97. The number of thiazole rings is 1. The van der Waals surface area contributed by atoms with E-state index in [1.807, 2.05) is 37.4 Å². The highest BCUT2D eigenvalue weighted by atomic mass is 35.5. The van der Waals surface area contributed by atoms with Gasteiger partial charge in [-0.2, -0.15) is 5.26 Å². The Hall–Kier alpha value is -2.40. The van der Waals surface area contributed by atoms with Crippen LogP contribution in [0.25, 0.3) is 11.3 Å². The van der Waals surface area contributed by atoms with Crippen molar-refractivity contribution in [2.75, 3.05) is 5.32 Å². The molecule has 0 radical (unpaired) electrons. The summed E-state index contributed by atoms with van der Waals surface area (Å²) in [6, 6.07) is 13.1. The van der Waals surface area contributed by atoms with E-state index < -0.39 is 5.25 Å². The third-order valence-corrected chi connectivity index (χ3v) is 6.24. The van der Waals surface area contributed by atoms with E-state index in [0.717, 1.165) is 17.0 Å². The number of thioether (sulfide) groups is 1. The number of aromatic nitrogens is 2. The molecule has 2 aromatic heterocycles. The van der Waals surface area contributed by atoms with Gasteiger partial charge in [0.1, 0.15) is 11.1 Å². The van der Waals surface area contributed by atoms with Crippen LogP contribution >= 0.6 is 34.7 Å². The Balaban J connectivity index is 1.69. The molecule has 0 saturated heterocycles. The highest BCUT2D eigenvalue weighted by Crippen LogP contribution is 2.29. The van der Waals surface area contributed by atoms with Gasteiger partial charge in [0, 0.05) is 21.7 Å². The molecule has 1 atom stereocenters. The highest BCUT2D eigenvalue weighted by molar-refractivity contribution is 8.00. The molecule has 2 heterocycles. The molecule has 1 unspecified atom stereocenters. The summed E-state index contributed by atoms with van der Waals surface area (Å²) in [7, 11) is 0. The number of pyridine rings is 1. The number of amides is 1. The van der Waals surface area contributed by atoms with Crippen LogP contribution in [0, 0.1) is 11.3 Å². The van der Waals surface area contributed by atoms with E-state index in [4.69, 9.17) is 11.6 Å². The quantitative estimate of drug-likeness (QED) is 0.475. The maximum Gasteiger partial charge on any atom is 0.239 e. The number of halogens is 1. The van der Waals surface area contributed by atoms with Gasteiger partial charge in [-0.1, -0.05) is 49.3 Å². The van der Waals surface area contributed by atoms with E-state index >= 15 is 0 Å². The first-order chi connectivity index (χ1) is 13.9. The van der Waals surface area contributed by atoms with Crippen LogP contribution in [0.4, 0.5) is 5.13 Å². The van der Waals surface area contributed by atoms with Crippen molar-refractivity contribution in [1.29, 1.82) is 5.26 Å². The molecule has 1 amide bonds. The van der Waals surface area contributed by atoms with Crippen LogP contribution in [0.15, 0.2) is 46.8 Å². The monoisotopic (exact) mass is 442 g/mol. The number of hydrogen-bond donors (Lipinski definition) is 1. The lowest BCUT2D eigenvalue weighted by Gasteiger charge is -2.13. The van der Waals surface area contributed by atoms with E-state index in [1.54, 1.807) is 25.1 Å². The van der Waals surface area contributed by atoms with Crippen LogP contribution in [0.5, 0.6) is 0 Å². The number of carbonyl (C=O) groups excluding carboxylic acids is 1. The van der Waals surface area contributed by atoms with Crippen LogP contribution in [-0.2, 0) is 4.79 Å². The predicted octanol–water partition coefficient (Wildman–Crippen LogP) is 5.97. The van der Waals surface area contributed by atoms with Crippen molar-refractivity contribution in [3.63, 3.8) is 0 Å². The van der Waals surface area contributed by atoms with E-state index in [2.05, 4.69) is 21.4 Å². The minimum absolute atomic E-state index is 0.187. The molecular weight excluding hydrogens is 424 g/mol. The second-order valence-electron chi connectivity index (χ2n) is 6.65. The van der Waals surface area contributed by atoms with E-state index in [9.17, 15) is 10.1 Å². The van der Waals surface area contributed by atoms with Crippen molar-refractivity contribution in [3.8, 4) is 17.3 Å². The molecule has 0 fully saturated rings. The van der Waals surface area contributed by atoms with Gasteiger partial charge in [-0.05, 0) is 37.1 Å². The third-order valence-electron chi connectivity index (χ3n) is 4.13. The Labute approximate surface area is 183 Å². The van der Waals surface area contributed by atoms with Crippen LogP contribution in [0.1, 0.15) is 37.9 Å². The second-order valence-corrected chi connectivity index (χ2v) is 9.27. The molecule has 0 aliphatic heterocycles. The minimum atomic E-state index is -0.431. The van der Waals surface area contributed by atoms with Gasteiger partial charge in [0.05, 0.1) is 16.5 Å². The number of rotatable bonds is 6. The number of anilines is 1. The number of nitrogens with one attached hydrogen (secondary N) is 1. The maximum atomic E-state index is 12.6. The molecule has 0 bridgehead atoms. The zero-order valence-corrected chi connectivity index (χ0v) is 18.5. The lowest BCUT2D eigenvalue weighted by Crippen LogP contribution is -2.22. The van der Waals surface area contributed by atoms with Crippen molar-refractivity contribution in [3.05, 3.63) is 58.1 Å². The lowest BCUT2D eigenvalue weighted by atomic mass is 10.1. The maximum absolute atomic E-state index is 12.6. The van der Waals surface area contributed by atoms with Crippen molar-refractivity contribution >= 4 is 45.7 Å². The van der Waals surface area contributed by atoms with Crippen LogP contribution < -0.4 is 5.32 Å². The van der Waals surface area contributed by atoms with E-state index in [0.29, 0.717) is 20.7 Å². The molecule has 0 saturated carbocycles. The van der Waals surface area contributed by atoms with Crippen LogP contribution in [-0.4, -0.2) is 21.1 Å². The molecule has 0 spiro atoms. The molecule has 1 aromatic carbocycles. The average Bonchev–Trinajstić information content (AvgIpc) is 3.16. The summed E-state index contributed by atoms with van der Waals surface area (Å²) in [5.41, 5.74) is 3.08. The summed E-state index contributed by atoms with van der Waals surface area (Å²) >= 11 is 8.56. The second kappa shape index (κ2) is 9.40. The molecule has 0 aliphatic rings. The van der Waals surface area contributed by atoms with Gasteiger partial charge in [0.25, 0.3) is 0 Å². The van der Waals surface area contributed by atoms with Gasteiger partial charge in [-0.25, -0.2) is 9.97 Å². The third kappa shape index (κ3) is 5.36. The molecule has 3 aromatic rings. The summed E-state index contributed by atoms with van der Waals surface area (Å²) in [6.07, 6.45) is 0. The molecule has 5 nitrogen and oxygen atoms in total. The topological polar surface area (TPSA) is 78.7 Å². The molecule has 29 heavy (non-hydrogen) atoms. The Kier molecular flexibility index (Phi) is 6.91. The fourth-order valence-corrected chi connectivity index (χ4v) is 4.21. The smallest absolute Gasteiger partial charge is 0.239 e. The number of benzene rings is 1. The van der Waals surface area contributed by atoms with Gasteiger partial charge in [0.15, 0.2) is 5.13 Å². The first kappa shape index (κ1) is 21.3. The molecule has 3 rings (SSSR count). The molecule has 1 N–H and O–H groups in total. The summed E-state index contributed by atoms with van der Waals surface area (Å²) in [5.74, 6) is 0.0560. The predicted molar refractivity (Wildman–Crippen MR) is 120 cm³/mol. The van der Waals surface area contributed by atoms with Gasteiger partial charge in [-0.15, -0.1) is 11.3 Å². The van der Waals surface area contributed by atoms with Crippen LogP contribution in [0.3, 0.4) is 0 Å². The van der Waals surface area contributed by atoms with E-state index in [1.165, 1.54) is 23.1 Å². The van der Waals surface area contributed by atoms with Crippen molar-refractivity contribution in [1.82, 2.24) is 9.97 Å². The molecule has 8 heteroatoms. The van der Waals surface area contributed by atoms with E-state index in [-0.39, 0.29) is 11.8 Å². The van der Waals surface area contributed by atoms with Crippen molar-refractivity contribution < 1.29 is 4.79 Å².